The molecule has 0 radical (unpaired) electrons. The van der Waals surface area contributed by atoms with E-state index in [1.54, 1.807) is 48.9 Å². The topological polar surface area (TPSA) is 170 Å². The van der Waals surface area contributed by atoms with E-state index in [9.17, 15) is 19.2 Å². The maximum atomic E-state index is 14.0. The van der Waals surface area contributed by atoms with Crippen molar-refractivity contribution in [1.29, 1.82) is 0 Å². The predicted molar refractivity (Wildman–Crippen MR) is 233 cm³/mol. The zero-order valence-electron chi connectivity index (χ0n) is 33.4. The van der Waals surface area contributed by atoms with Crippen LogP contribution >= 0.6 is 23.1 Å². The van der Waals surface area contributed by atoms with E-state index in [0.717, 1.165) is 16.7 Å². The summed E-state index contributed by atoms with van der Waals surface area (Å²) in [5, 5.41) is 14.5. The van der Waals surface area contributed by atoms with Gasteiger partial charge in [0.25, 0.3) is 11.8 Å². The van der Waals surface area contributed by atoms with E-state index in [1.807, 2.05) is 54.6 Å². The van der Waals surface area contributed by atoms with Crippen molar-refractivity contribution >= 4 is 57.8 Å². The third-order valence-electron chi connectivity index (χ3n) is 9.90. The Morgan fingerprint density at radius 1 is 0.885 bits per heavy atom. The van der Waals surface area contributed by atoms with E-state index in [2.05, 4.69) is 57.5 Å². The van der Waals surface area contributed by atoms with Crippen LogP contribution in [0.15, 0.2) is 149 Å². The van der Waals surface area contributed by atoms with Crippen LogP contribution in [0.3, 0.4) is 0 Å². The number of anilines is 1. The maximum absolute atomic E-state index is 14.0. The minimum Gasteiger partial charge on any atom is -0.497 e. The highest BCUT2D eigenvalue weighted by atomic mass is 32.2. The van der Waals surface area contributed by atoms with Crippen LogP contribution in [-0.4, -0.2) is 84.5 Å². The Hall–Kier alpha value is -6.91. The average molecular weight is 859 g/mol. The van der Waals surface area contributed by atoms with Crippen LogP contribution < -0.4 is 20.7 Å². The van der Waals surface area contributed by atoms with Crippen LogP contribution in [0, 0.1) is 0 Å². The molecule has 2 atom stereocenters. The van der Waals surface area contributed by atoms with Gasteiger partial charge in [-0.25, -0.2) is 14.6 Å². The number of hydrogen-bond acceptors (Lipinski definition) is 13. The predicted octanol–water partition coefficient (Wildman–Crippen LogP) is 6.22. The number of ether oxygens (including phenoxy) is 3. The van der Waals surface area contributed by atoms with Gasteiger partial charge in [0.2, 0.25) is 0 Å². The molecule has 5 aromatic rings. The van der Waals surface area contributed by atoms with Crippen molar-refractivity contribution in [3.8, 4) is 5.75 Å². The summed E-state index contributed by atoms with van der Waals surface area (Å²) in [5.74, 6) is -1.01. The molecule has 1 aromatic heterocycles. The van der Waals surface area contributed by atoms with E-state index in [1.165, 1.54) is 42.2 Å². The highest BCUT2D eigenvalue weighted by Gasteiger charge is 2.54. The number of nitrogens with zero attached hydrogens (tertiary/aromatic N) is 3. The zero-order chi connectivity index (χ0) is 42.8. The molecule has 0 aliphatic carbocycles. The minimum atomic E-state index is -1.01. The molecule has 0 spiro atoms. The number of allylic oxidation sites excluding steroid dienone is 1. The number of hydrogen-bond donors (Lipinski definition) is 3. The Kier molecular flexibility index (Phi) is 13.5. The number of fused-ring (bicyclic) bond motifs is 1. The number of nitrogens with one attached hydrogen (secondary N) is 3. The number of methoxy groups -OCH3 is 1. The van der Waals surface area contributed by atoms with E-state index >= 15 is 0 Å². The van der Waals surface area contributed by atoms with Gasteiger partial charge in [-0.3, -0.25) is 14.5 Å². The summed E-state index contributed by atoms with van der Waals surface area (Å²) in [6, 6.07) is 36.1. The first-order valence-corrected chi connectivity index (χ1v) is 21.0. The molecule has 0 saturated carbocycles. The molecule has 2 aliphatic rings. The third-order valence-corrected chi connectivity index (χ3v) is 12.0. The Bertz CT molecular complexity index is 2350. The van der Waals surface area contributed by atoms with Gasteiger partial charge in [-0.15, -0.1) is 23.1 Å². The summed E-state index contributed by atoms with van der Waals surface area (Å²) in [7, 11) is 4.32. The number of rotatable bonds is 16. The van der Waals surface area contributed by atoms with E-state index in [0.29, 0.717) is 22.0 Å². The molecule has 1 fully saturated rings. The molecule has 2 aliphatic heterocycles. The molecule has 14 nitrogen and oxygen atoms in total. The zero-order valence-corrected chi connectivity index (χ0v) is 35.0. The van der Waals surface area contributed by atoms with Crippen LogP contribution in [0.2, 0.25) is 0 Å². The number of thioether (sulfide) groups is 1. The molecule has 312 valence electrons. The first kappa shape index (κ1) is 42.2. The number of amides is 3. The van der Waals surface area contributed by atoms with Gasteiger partial charge in [-0.2, -0.15) is 0 Å². The van der Waals surface area contributed by atoms with Gasteiger partial charge in [0.15, 0.2) is 10.8 Å². The summed E-state index contributed by atoms with van der Waals surface area (Å²) in [4.78, 5) is 64.6. The number of β-lactam (4-membered cyclic amide) rings is 1. The number of alkyl carbamates (subject to hydrolysis) is 1. The summed E-state index contributed by atoms with van der Waals surface area (Å²) >= 11 is 2.64. The molecule has 7 rings (SSSR count). The van der Waals surface area contributed by atoms with Gasteiger partial charge in [-0.05, 0) is 46.0 Å². The summed E-state index contributed by atoms with van der Waals surface area (Å²) < 4.78 is 16.0. The van der Waals surface area contributed by atoms with Crippen LogP contribution in [0.4, 0.5) is 9.93 Å². The van der Waals surface area contributed by atoms with Gasteiger partial charge in [0.05, 0.1) is 7.11 Å². The lowest BCUT2D eigenvalue weighted by atomic mass is 9.77. The van der Waals surface area contributed by atoms with Crippen molar-refractivity contribution in [1.82, 2.24) is 20.5 Å². The molecule has 16 heteroatoms. The van der Waals surface area contributed by atoms with Crippen LogP contribution in [0.25, 0.3) is 0 Å². The van der Waals surface area contributed by atoms with E-state index in [4.69, 9.17) is 24.0 Å². The first-order valence-electron chi connectivity index (χ1n) is 19.1. The lowest BCUT2D eigenvalue weighted by Crippen LogP contribution is -2.71. The van der Waals surface area contributed by atoms with E-state index < -0.39 is 40.8 Å². The fourth-order valence-electron chi connectivity index (χ4n) is 6.97. The van der Waals surface area contributed by atoms with Gasteiger partial charge < -0.3 is 35.0 Å². The molecule has 3 heterocycles. The Morgan fingerprint density at radius 2 is 1.51 bits per heavy atom. The van der Waals surface area contributed by atoms with Gasteiger partial charge in [-0.1, -0.05) is 114 Å². The minimum absolute atomic E-state index is 0.0312. The molecule has 3 amide bonds. The Labute approximate surface area is 360 Å². The highest BCUT2D eigenvalue weighted by molar-refractivity contribution is 8.00. The Balaban J connectivity index is 1.12. The number of thiazole rings is 1. The Morgan fingerprint density at radius 3 is 2.08 bits per heavy atom. The largest absolute Gasteiger partial charge is 0.497 e. The van der Waals surface area contributed by atoms with Crippen molar-refractivity contribution < 1.29 is 38.2 Å². The number of carbonyl (C=O) groups is 4. The lowest BCUT2D eigenvalue weighted by molar-refractivity contribution is -0.153. The molecule has 0 unspecified atom stereocenters. The molecule has 3 N–H and O–H groups in total. The second-order valence-corrected chi connectivity index (χ2v) is 15.5. The van der Waals surface area contributed by atoms with Crippen molar-refractivity contribution in [3.63, 3.8) is 0 Å². The fourth-order valence-corrected chi connectivity index (χ4v) is 9.04. The monoisotopic (exact) mass is 858 g/mol. The number of benzene rings is 4. The van der Waals surface area contributed by atoms with Gasteiger partial charge in [0.1, 0.15) is 54.4 Å². The highest BCUT2D eigenvalue weighted by Crippen LogP contribution is 2.42. The molecule has 61 heavy (non-hydrogen) atoms. The molecule has 0 bridgehead atoms. The molecule has 1 saturated heterocycles. The quantitative estimate of drug-likeness (QED) is 0.0339. The molecule has 4 aromatic carbocycles. The smallest absolute Gasteiger partial charge is 0.407 e. The fraction of sp³-hybridized carbons (Fsp3) is 0.200. The van der Waals surface area contributed by atoms with Crippen molar-refractivity contribution in [2.24, 2.45) is 5.16 Å². The van der Waals surface area contributed by atoms with Crippen LogP contribution in [-0.2, 0) is 40.8 Å². The van der Waals surface area contributed by atoms with Crippen molar-refractivity contribution in [2.75, 3.05) is 38.9 Å². The SMILES string of the molecule is CNC(=O)OC/C=C\C1=C(C(=O)OCc2ccc(OC)cc2)N2C(=O)[C@@H](NC(=O)/C(=N\OC)c3csc(NC(c4ccccc4)(c4ccccc4)c4ccccc4)n3)[C@H]2SC1. The molecular formula is C45H42N6O8S2. The summed E-state index contributed by atoms with van der Waals surface area (Å²) in [6.07, 6.45) is 2.57. The van der Waals surface area contributed by atoms with Crippen LogP contribution in [0.5, 0.6) is 5.75 Å². The summed E-state index contributed by atoms with van der Waals surface area (Å²) in [6.45, 7) is -0.132. The van der Waals surface area contributed by atoms with Gasteiger partial charge >= 0.3 is 12.1 Å². The molecular weight excluding hydrogens is 817 g/mol. The number of esters is 1. The van der Waals surface area contributed by atoms with Gasteiger partial charge in [0, 0.05) is 18.2 Å². The summed E-state index contributed by atoms with van der Waals surface area (Å²) in [5.41, 5.74) is 3.36. The van der Waals surface area contributed by atoms with E-state index in [-0.39, 0.29) is 36.1 Å². The number of carbonyl (C=O) groups excluding carboxylic acids is 4. The van der Waals surface area contributed by atoms with Crippen molar-refractivity contribution in [3.05, 3.63) is 172 Å². The van der Waals surface area contributed by atoms with Crippen LogP contribution in [0.1, 0.15) is 27.9 Å². The normalized spacial score (nSPS) is 16.3. The lowest BCUT2D eigenvalue weighted by Gasteiger charge is -2.49. The number of aromatic nitrogens is 1. The first-order chi connectivity index (χ1) is 29.8. The second kappa shape index (κ2) is 19.4. The number of oxime groups is 1. The standard InChI is InChI=1S/C45H42N6O8S2/c1-46-44(55)58-25-13-14-30-27-60-41-37(40(53)51(41)38(30)42(54)59-26-29-21-23-34(56-2)24-22-29)48-39(52)36(50-57-3)35-28-61-43(47-35)49-45(31-15-7-4-8-16-31,32-17-9-5-10-18-32)33-19-11-6-12-20-33/h4-24,28,37,41H,25-27H2,1-3H3,(H,46,55)(H,47,49)(H,48,52)/b14-13-,50-36-/t37-,41-/m1/s1. The van der Waals surface area contributed by atoms with Crippen molar-refractivity contribution in [2.45, 2.75) is 23.6 Å². The maximum Gasteiger partial charge on any atom is 0.407 e. The second-order valence-electron chi connectivity index (χ2n) is 13.5. The third kappa shape index (κ3) is 9.15. The average Bonchev–Trinajstić information content (AvgIpc) is 3.78.